The zero-order valence-electron chi connectivity index (χ0n) is 15.9. The van der Waals surface area contributed by atoms with Crippen LogP contribution in [-0.4, -0.2) is 23.3 Å². The Balaban J connectivity index is 1.55. The number of Topliss-reactive ketones (excluding diaryl/α,β-unsaturated/α-hetero) is 1. The zero-order chi connectivity index (χ0) is 19.3. The zero-order valence-corrected chi connectivity index (χ0v) is 16.7. The molecule has 1 N–H and O–H groups in total. The van der Waals surface area contributed by atoms with Crippen molar-refractivity contribution in [2.75, 3.05) is 6.61 Å². The Hall–Kier alpha value is -2.21. The van der Waals surface area contributed by atoms with E-state index in [1.807, 2.05) is 36.6 Å². The van der Waals surface area contributed by atoms with Crippen LogP contribution in [-0.2, 0) is 21.5 Å². The van der Waals surface area contributed by atoms with Crippen molar-refractivity contribution in [1.82, 2.24) is 10.3 Å². The molecule has 0 aliphatic heterocycles. The van der Waals surface area contributed by atoms with E-state index in [-0.39, 0.29) is 23.8 Å². The normalized spacial score (nSPS) is 15.5. The molecule has 1 heterocycles. The minimum Gasteiger partial charge on any atom is -0.484 e. The molecule has 1 aromatic heterocycles. The number of nitrogens with one attached hydrogen (secondary N) is 1. The Kier molecular flexibility index (Phi) is 6.26. The summed E-state index contributed by atoms with van der Waals surface area (Å²) in [6.45, 7) is 3.56. The number of nitrogens with zero attached hydrogens (tertiary/aromatic N) is 1. The molecular weight excluding hydrogens is 360 g/mol. The number of amides is 1. The molecule has 0 unspecified atom stereocenters. The minimum absolute atomic E-state index is 0.0150. The molecular formula is C21H26N2O3S. The molecule has 1 aliphatic rings. The van der Waals surface area contributed by atoms with E-state index in [0.29, 0.717) is 12.2 Å². The summed E-state index contributed by atoms with van der Waals surface area (Å²) in [5.74, 6) is 0.718. The monoisotopic (exact) mass is 386 g/mol. The number of hydrogen-bond acceptors (Lipinski definition) is 5. The van der Waals surface area contributed by atoms with Gasteiger partial charge in [0.15, 0.2) is 6.61 Å². The molecule has 1 saturated carbocycles. The first-order valence-electron chi connectivity index (χ1n) is 9.42. The molecule has 3 rings (SSSR count). The number of thiazole rings is 1. The fraction of sp³-hybridized carbons (Fsp3) is 0.476. The van der Waals surface area contributed by atoms with Gasteiger partial charge in [-0.25, -0.2) is 4.98 Å². The predicted molar refractivity (Wildman–Crippen MR) is 106 cm³/mol. The highest BCUT2D eigenvalue weighted by Gasteiger charge is 2.39. The third-order valence-electron chi connectivity index (χ3n) is 4.92. The first-order valence-corrected chi connectivity index (χ1v) is 10.3. The minimum atomic E-state index is -0.337. The average molecular weight is 387 g/mol. The van der Waals surface area contributed by atoms with Gasteiger partial charge in [-0.15, -0.1) is 11.3 Å². The van der Waals surface area contributed by atoms with E-state index in [2.05, 4.69) is 10.3 Å². The lowest BCUT2D eigenvalue weighted by Gasteiger charge is -2.28. The Morgan fingerprint density at radius 1 is 1.22 bits per heavy atom. The summed E-state index contributed by atoms with van der Waals surface area (Å²) in [5.41, 5.74) is 1.75. The van der Waals surface area contributed by atoms with Gasteiger partial charge >= 0.3 is 0 Å². The van der Waals surface area contributed by atoms with Crippen LogP contribution >= 0.6 is 11.3 Å². The number of hydrogen-bond donors (Lipinski definition) is 1. The van der Waals surface area contributed by atoms with E-state index in [1.165, 1.54) is 0 Å². The Morgan fingerprint density at radius 3 is 2.52 bits per heavy atom. The molecule has 2 aromatic rings. The molecule has 1 aromatic carbocycles. The number of carbonyl (C=O) groups excluding carboxylic acids is 2. The van der Waals surface area contributed by atoms with Gasteiger partial charge in [-0.3, -0.25) is 4.79 Å². The highest BCUT2D eigenvalue weighted by molar-refractivity contribution is 7.09. The first-order chi connectivity index (χ1) is 13.0. The van der Waals surface area contributed by atoms with Crippen molar-refractivity contribution in [3.63, 3.8) is 0 Å². The van der Waals surface area contributed by atoms with E-state index in [9.17, 15) is 9.59 Å². The average Bonchev–Trinajstić information content (AvgIpc) is 3.29. The number of ether oxygens (including phenoxy) is 1. The van der Waals surface area contributed by atoms with Crippen LogP contribution in [0.2, 0.25) is 0 Å². The molecule has 0 saturated heterocycles. The van der Waals surface area contributed by atoms with E-state index in [0.717, 1.165) is 48.4 Å². The van der Waals surface area contributed by atoms with Crippen molar-refractivity contribution >= 4 is 23.0 Å². The van der Waals surface area contributed by atoms with Crippen LogP contribution in [0.15, 0.2) is 29.6 Å². The first kappa shape index (κ1) is 19.5. The molecule has 5 nitrogen and oxygen atoms in total. The number of aryl methyl sites for hydroxylation is 2. The van der Waals surface area contributed by atoms with Crippen molar-refractivity contribution in [2.24, 2.45) is 0 Å². The summed E-state index contributed by atoms with van der Waals surface area (Å²) in [6.07, 6.45) is 5.32. The fourth-order valence-corrected chi connectivity index (χ4v) is 4.48. The van der Waals surface area contributed by atoms with E-state index >= 15 is 0 Å². The second kappa shape index (κ2) is 8.65. The molecule has 27 heavy (non-hydrogen) atoms. The van der Waals surface area contributed by atoms with Gasteiger partial charge in [0, 0.05) is 17.5 Å². The van der Waals surface area contributed by atoms with Crippen molar-refractivity contribution in [3.8, 4) is 5.75 Å². The molecule has 0 radical (unpaired) electrons. The van der Waals surface area contributed by atoms with Crippen LogP contribution < -0.4 is 10.1 Å². The van der Waals surface area contributed by atoms with Gasteiger partial charge < -0.3 is 14.8 Å². The second-order valence-electron chi connectivity index (χ2n) is 7.27. The number of benzene rings is 1. The summed E-state index contributed by atoms with van der Waals surface area (Å²) in [4.78, 5) is 28.2. The van der Waals surface area contributed by atoms with Gasteiger partial charge in [0.05, 0.1) is 5.54 Å². The van der Waals surface area contributed by atoms with Crippen LogP contribution in [0.3, 0.4) is 0 Å². The lowest BCUT2D eigenvalue weighted by molar-refractivity contribution is -0.125. The number of carbonyl (C=O) groups is 2. The molecule has 0 bridgehead atoms. The summed E-state index contributed by atoms with van der Waals surface area (Å²) in [5, 5.41) is 6.22. The standard InChI is InChI=1S/C21H26N2O3S/c1-15-14-27-20(22-15)21(11-3-4-12-21)23-19(25)13-26-18-9-7-17(8-10-18)6-5-16(2)24/h7-10,14H,3-6,11-13H2,1-2H3,(H,23,25). The third kappa shape index (κ3) is 5.16. The van der Waals surface area contributed by atoms with Crippen LogP contribution in [0.4, 0.5) is 0 Å². The van der Waals surface area contributed by atoms with Gasteiger partial charge in [-0.2, -0.15) is 0 Å². The molecule has 0 spiro atoms. The smallest absolute Gasteiger partial charge is 0.258 e. The highest BCUT2D eigenvalue weighted by atomic mass is 32.1. The lowest BCUT2D eigenvalue weighted by Crippen LogP contribution is -2.45. The van der Waals surface area contributed by atoms with Crippen LogP contribution in [0, 0.1) is 6.92 Å². The summed E-state index contributed by atoms with van der Waals surface area (Å²) in [7, 11) is 0. The van der Waals surface area contributed by atoms with Gasteiger partial charge in [-0.1, -0.05) is 25.0 Å². The second-order valence-corrected chi connectivity index (χ2v) is 8.12. The van der Waals surface area contributed by atoms with Crippen LogP contribution in [0.1, 0.15) is 55.3 Å². The van der Waals surface area contributed by atoms with Crippen molar-refractivity contribution < 1.29 is 14.3 Å². The maximum absolute atomic E-state index is 12.5. The van der Waals surface area contributed by atoms with E-state index in [1.54, 1.807) is 18.3 Å². The predicted octanol–water partition coefficient (Wildman–Crippen LogP) is 3.94. The Bertz CT molecular complexity index is 792. The molecule has 144 valence electrons. The quantitative estimate of drug-likeness (QED) is 0.746. The van der Waals surface area contributed by atoms with Crippen LogP contribution in [0.25, 0.3) is 0 Å². The fourth-order valence-electron chi connectivity index (χ4n) is 3.47. The van der Waals surface area contributed by atoms with E-state index < -0.39 is 0 Å². The lowest BCUT2D eigenvalue weighted by atomic mass is 9.98. The van der Waals surface area contributed by atoms with Crippen molar-refractivity contribution in [2.45, 2.75) is 57.9 Å². The Labute approximate surface area is 164 Å². The van der Waals surface area contributed by atoms with Crippen molar-refractivity contribution in [1.29, 1.82) is 0 Å². The van der Waals surface area contributed by atoms with Gasteiger partial charge in [0.2, 0.25) is 0 Å². The van der Waals surface area contributed by atoms with Crippen LogP contribution in [0.5, 0.6) is 5.75 Å². The SMILES string of the molecule is CC(=O)CCc1ccc(OCC(=O)NC2(c3nc(C)cs3)CCCC2)cc1. The van der Waals surface area contributed by atoms with Gasteiger partial charge in [0.1, 0.15) is 16.5 Å². The van der Waals surface area contributed by atoms with Gasteiger partial charge in [0.25, 0.3) is 5.91 Å². The summed E-state index contributed by atoms with van der Waals surface area (Å²) >= 11 is 1.62. The number of rotatable bonds is 8. The molecule has 1 fully saturated rings. The van der Waals surface area contributed by atoms with E-state index in [4.69, 9.17) is 4.74 Å². The third-order valence-corrected chi connectivity index (χ3v) is 6.09. The highest BCUT2D eigenvalue weighted by Crippen LogP contribution is 2.40. The molecule has 1 amide bonds. The maximum Gasteiger partial charge on any atom is 0.258 e. The van der Waals surface area contributed by atoms with Crippen molar-refractivity contribution in [3.05, 3.63) is 45.9 Å². The summed E-state index contributed by atoms with van der Waals surface area (Å²) < 4.78 is 5.65. The number of ketones is 1. The summed E-state index contributed by atoms with van der Waals surface area (Å²) in [6, 6.07) is 7.57. The largest absolute Gasteiger partial charge is 0.484 e. The topological polar surface area (TPSA) is 68.3 Å². The van der Waals surface area contributed by atoms with Gasteiger partial charge in [-0.05, 0) is 50.8 Å². The molecule has 0 atom stereocenters. The maximum atomic E-state index is 12.5. The number of aromatic nitrogens is 1. The Morgan fingerprint density at radius 2 is 1.93 bits per heavy atom. The molecule has 6 heteroatoms. The molecule has 1 aliphatic carbocycles.